The summed E-state index contributed by atoms with van der Waals surface area (Å²) in [6, 6.07) is 26.2. The maximum Gasteiger partial charge on any atom is 0.127 e. The average molecular weight is 465 g/mol. The molecule has 0 unspecified atom stereocenters. The molecular weight excluding hydrogens is 432 g/mol. The zero-order valence-corrected chi connectivity index (χ0v) is 19.9. The Labute approximate surface area is 202 Å². The van der Waals surface area contributed by atoms with Crippen LogP contribution in [0.2, 0.25) is 5.02 Å². The smallest absolute Gasteiger partial charge is 0.127 e. The van der Waals surface area contributed by atoms with Gasteiger partial charge in [-0.1, -0.05) is 54.1 Å². The van der Waals surface area contributed by atoms with Gasteiger partial charge in [-0.05, 0) is 66.9 Å². The minimum atomic E-state index is 0.634. The normalized spacial score (nSPS) is 14.9. The number of rotatable bonds is 11. The number of hydrogen-bond donors (Lipinski definition) is 0. The van der Waals surface area contributed by atoms with Crippen LogP contribution in [0.1, 0.15) is 17.5 Å². The topological polar surface area (TPSA) is 24.9 Å². The molecule has 0 aromatic heterocycles. The Morgan fingerprint density at radius 3 is 2.12 bits per heavy atom. The summed E-state index contributed by atoms with van der Waals surface area (Å²) in [7, 11) is 0. The lowest BCUT2D eigenvalue weighted by molar-refractivity contribution is 0.0682. The van der Waals surface area contributed by atoms with Crippen molar-refractivity contribution < 1.29 is 9.47 Å². The summed E-state index contributed by atoms with van der Waals surface area (Å²) in [6.07, 6.45) is 2.27. The number of nitrogens with zero attached hydrogens (tertiary/aromatic N) is 2. The molecule has 3 aromatic carbocycles. The summed E-state index contributed by atoms with van der Waals surface area (Å²) in [5.74, 6) is 1.69. The Kier molecular flexibility index (Phi) is 9.19. The van der Waals surface area contributed by atoms with Gasteiger partial charge in [-0.15, -0.1) is 0 Å². The van der Waals surface area contributed by atoms with Crippen molar-refractivity contribution in [2.45, 2.75) is 19.4 Å². The first-order valence-corrected chi connectivity index (χ1v) is 12.2. The van der Waals surface area contributed by atoms with E-state index in [9.17, 15) is 0 Å². The van der Waals surface area contributed by atoms with Crippen molar-refractivity contribution in [3.63, 3.8) is 0 Å². The van der Waals surface area contributed by atoms with E-state index in [-0.39, 0.29) is 0 Å². The quantitative estimate of drug-likeness (QED) is 0.330. The molecule has 1 saturated heterocycles. The van der Waals surface area contributed by atoms with E-state index in [1.807, 2.05) is 54.6 Å². The van der Waals surface area contributed by atoms with Gasteiger partial charge in [-0.25, -0.2) is 0 Å². The second kappa shape index (κ2) is 12.8. The van der Waals surface area contributed by atoms with Crippen LogP contribution in [-0.2, 0) is 17.8 Å². The van der Waals surface area contributed by atoms with Crippen molar-refractivity contribution >= 4 is 11.6 Å². The van der Waals surface area contributed by atoms with Gasteiger partial charge in [0.05, 0.1) is 13.2 Å². The van der Waals surface area contributed by atoms with Gasteiger partial charge in [0.15, 0.2) is 0 Å². The average Bonchev–Trinajstić information content (AvgIpc) is 2.84. The highest BCUT2D eigenvalue weighted by molar-refractivity contribution is 6.30. The molecule has 0 spiro atoms. The summed E-state index contributed by atoms with van der Waals surface area (Å²) in [5.41, 5.74) is 2.50. The standard InChI is InChI=1S/C28H33ClN2O2/c29-26-8-4-6-24(22-26)7-5-15-30-16-18-31(19-17-30)20-21-32-23-25-11-13-28(14-12-25)33-27-9-2-1-3-10-27/h1-4,6,8-14,22H,5,7,15-21,23H2. The summed E-state index contributed by atoms with van der Waals surface area (Å²) < 4.78 is 11.8. The molecule has 33 heavy (non-hydrogen) atoms. The Morgan fingerprint density at radius 1 is 0.697 bits per heavy atom. The lowest BCUT2D eigenvalue weighted by Gasteiger charge is -2.34. The monoisotopic (exact) mass is 464 g/mol. The van der Waals surface area contributed by atoms with Gasteiger partial charge in [-0.3, -0.25) is 4.90 Å². The SMILES string of the molecule is Clc1cccc(CCCN2CCN(CCOCc3ccc(Oc4ccccc4)cc3)CC2)c1. The Hall–Kier alpha value is -2.37. The van der Waals surface area contributed by atoms with Crippen LogP contribution in [0.3, 0.4) is 0 Å². The van der Waals surface area contributed by atoms with Crippen molar-refractivity contribution in [3.8, 4) is 11.5 Å². The van der Waals surface area contributed by atoms with Crippen molar-refractivity contribution in [1.82, 2.24) is 9.80 Å². The molecule has 1 heterocycles. The second-order valence-electron chi connectivity index (χ2n) is 8.53. The fourth-order valence-electron chi connectivity index (χ4n) is 4.10. The van der Waals surface area contributed by atoms with Crippen molar-refractivity contribution in [3.05, 3.63) is 95.0 Å². The molecule has 1 fully saturated rings. The molecule has 0 radical (unpaired) electrons. The number of hydrogen-bond acceptors (Lipinski definition) is 4. The number of halogens is 1. The molecule has 1 aliphatic rings. The van der Waals surface area contributed by atoms with Gasteiger partial charge in [-0.2, -0.15) is 0 Å². The number of ether oxygens (including phenoxy) is 2. The molecule has 0 aliphatic carbocycles. The van der Waals surface area contributed by atoms with Gasteiger partial charge >= 0.3 is 0 Å². The molecule has 0 atom stereocenters. The summed E-state index contributed by atoms with van der Waals surface area (Å²) in [6.45, 7) is 8.05. The minimum Gasteiger partial charge on any atom is -0.457 e. The summed E-state index contributed by atoms with van der Waals surface area (Å²) in [5, 5.41) is 0.831. The van der Waals surface area contributed by atoms with Crippen LogP contribution >= 0.6 is 11.6 Å². The zero-order chi connectivity index (χ0) is 22.7. The van der Waals surface area contributed by atoms with Gasteiger partial charge in [0.1, 0.15) is 11.5 Å². The van der Waals surface area contributed by atoms with E-state index in [1.54, 1.807) is 0 Å². The van der Waals surface area contributed by atoms with E-state index in [1.165, 1.54) is 17.5 Å². The van der Waals surface area contributed by atoms with E-state index in [0.29, 0.717) is 6.61 Å². The summed E-state index contributed by atoms with van der Waals surface area (Å²) >= 11 is 6.08. The third-order valence-electron chi connectivity index (χ3n) is 6.02. The van der Waals surface area contributed by atoms with Gasteiger partial charge in [0.2, 0.25) is 0 Å². The second-order valence-corrected chi connectivity index (χ2v) is 8.96. The number of benzene rings is 3. The Balaban J connectivity index is 1.07. The van der Waals surface area contributed by atoms with Crippen molar-refractivity contribution in [2.24, 2.45) is 0 Å². The van der Waals surface area contributed by atoms with E-state index in [0.717, 1.165) is 68.8 Å². The molecular formula is C28H33ClN2O2. The molecule has 4 rings (SSSR count). The zero-order valence-electron chi connectivity index (χ0n) is 19.2. The van der Waals surface area contributed by atoms with Crippen LogP contribution in [0.5, 0.6) is 11.5 Å². The van der Waals surface area contributed by atoms with Gasteiger partial charge < -0.3 is 14.4 Å². The van der Waals surface area contributed by atoms with Gasteiger partial charge in [0.25, 0.3) is 0 Å². The van der Waals surface area contributed by atoms with Crippen molar-refractivity contribution in [2.75, 3.05) is 45.9 Å². The summed E-state index contributed by atoms with van der Waals surface area (Å²) in [4.78, 5) is 5.07. The Bertz CT molecular complexity index is 957. The largest absolute Gasteiger partial charge is 0.457 e. The van der Waals surface area contributed by atoms with E-state index >= 15 is 0 Å². The predicted octanol–water partition coefficient (Wildman–Crippen LogP) is 5.90. The molecule has 1 aliphatic heterocycles. The van der Waals surface area contributed by atoms with Crippen LogP contribution in [0.4, 0.5) is 0 Å². The third kappa shape index (κ3) is 8.17. The Morgan fingerprint density at radius 2 is 1.39 bits per heavy atom. The fraction of sp³-hybridized carbons (Fsp3) is 0.357. The maximum absolute atomic E-state index is 6.08. The highest BCUT2D eigenvalue weighted by Gasteiger charge is 2.16. The van der Waals surface area contributed by atoms with Crippen LogP contribution in [-0.4, -0.2) is 55.7 Å². The molecule has 0 amide bonds. The molecule has 3 aromatic rings. The molecule has 0 bridgehead atoms. The lowest BCUT2D eigenvalue weighted by atomic mass is 10.1. The molecule has 4 nitrogen and oxygen atoms in total. The lowest BCUT2D eigenvalue weighted by Crippen LogP contribution is -2.47. The molecule has 0 saturated carbocycles. The van der Waals surface area contributed by atoms with E-state index in [2.05, 4.69) is 34.1 Å². The number of piperazine rings is 1. The highest BCUT2D eigenvalue weighted by atomic mass is 35.5. The number of aryl methyl sites for hydroxylation is 1. The van der Waals surface area contributed by atoms with E-state index in [4.69, 9.17) is 21.1 Å². The predicted molar refractivity (Wildman–Crippen MR) is 135 cm³/mol. The first-order valence-electron chi connectivity index (χ1n) is 11.8. The molecule has 0 N–H and O–H groups in total. The fourth-order valence-corrected chi connectivity index (χ4v) is 4.31. The van der Waals surface area contributed by atoms with Crippen LogP contribution in [0, 0.1) is 0 Å². The van der Waals surface area contributed by atoms with E-state index < -0.39 is 0 Å². The minimum absolute atomic E-state index is 0.634. The van der Waals surface area contributed by atoms with Crippen LogP contribution < -0.4 is 4.74 Å². The third-order valence-corrected chi connectivity index (χ3v) is 6.25. The van der Waals surface area contributed by atoms with Crippen LogP contribution in [0.15, 0.2) is 78.9 Å². The van der Waals surface area contributed by atoms with Gasteiger partial charge in [0, 0.05) is 37.7 Å². The maximum atomic E-state index is 6.08. The van der Waals surface area contributed by atoms with Crippen LogP contribution in [0.25, 0.3) is 0 Å². The molecule has 5 heteroatoms. The first-order chi connectivity index (χ1) is 16.2. The first kappa shape index (κ1) is 23.8. The number of para-hydroxylation sites is 1. The van der Waals surface area contributed by atoms with Crippen molar-refractivity contribution in [1.29, 1.82) is 0 Å². The highest BCUT2D eigenvalue weighted by Crippen LogP contribution is 2.21. The molecule has 174 valence electrons.